The molecule has 90 valence electrons. The Bertz CT molecular complexity index is 644. The highest BCUT2D eigenvalue weighted by Crippen LogP contribution is 2.29. The first-order valence-corrected chi connectivity index (χ1v) is 6.96. The number of aromatic amines is 1. The normalized spacial score (nSPS) is 10.8. The number of fused-ring (bicyclic) bond motifs is 1. The van der Waals surface area contributed by atoms with E-state index in [-0.39, 0.29) is 5.56 Å². The van der Waals surface area contributed by atoms with Crippen molar-refractivity contribution >= 4 is 50.1 Å². The molecular weight excluding hydrogens is 353 g/mol. The van der Waals surface area contributed by atoms with Gasteiger partial charge in [0.2, 0.25) is 0 Å². The van der Waals surface area contributed by atoms with Crippen molar-refractivity contribution in [1.29, 1.82) is 0 Å². The summed E-state index contributed by atoms with van der Waals surface area (Å²) in [5, 5.41) is 1.72. The van der Waals surface area contributed by atoms with Gasteiger partial charge in [0.1, 0.15) is 0 Å². The van der Waals surface area contributed by atoms with Crippen LogP contribution in [0.1, 0.15) is 22.8 Å². The average Bonchev–Trinajstić information content (AvgIpc) is 2.73. The molecule has 17 heavy (non-hydrogen) atoms. The summed E-state index contributed by atoms with van der Waals surface area (Å²) in [6, 6.07) is 0. The Morgan fingerprint density at radius 2 is 2.29 bits per heavy atom. The van der Waals surface area contributed by atoms with Gasteiger partial charge in [0.15, 0.2) is 0 Å². The van der Waals surface area contributed by atoms with Gasteiger partial charge in [-0.05, 0) is 34.6 Å². The number of esters is 1. The summed E-state index contributed by atoms with van der Waals surface area (Å²) in [6.07, 6.45) is 0.764. The standard InChI is InChI=1S/C11H10INO3S/c1-3-5-7(12)10(14)13-8-6(11(15)16-2)4-17-9(5)8/h4H,3H2,1-2H3,(H,13,14). The molecule has 2 rings (SSSR count). The third kappa shape index (κ3) is 1.99. The van der Waals surface area contributed by atoms with Gasteiger partial charge in [0, 0.05) is 5.38 Å². The molecular formula is C11H10INO3S. The molecule has 2 heterocycles. The van der Waals surface area contributed by atoms with Crippen LogP contribution < -0.4 is 5.56 Å². The molecule has 6 heteroatoms. The number of hydrogen-bond donors (Lipinski definition) is 1. The van der Waals surface area contributed by atoms with E-state index in [4.69, 9.17) is 4.74 Å². The fraction of sp³-hybridized carbons (Fsp3) is 0.273. The van der Waals surface area contributed by atoms with Crippen LogP contribution >= 0.6 is 33.9 Å². The summed E-state index contributed by atoms with van der Waals surface area (Å²) in [4.78, 5) is 26.1. The first-order valence-electron chi connectivity index (χ1n) is 5.00. The summed E-state index contributed by atoms with van der Waals surface area (Å²) in [7, 11) is 1.33. The fourth-order valence-electron chi connectivity index (χ4n) is 1.69. The highest BCUT2D eigenvalue weighted by molar-refractivity contribution is 14.1. The van der Waals surface area contributed by atoms with E-state index in [9.17, 15) is 9.59 Å². The lowest BCUT2D eigenvalue weighted by molar-refractivity contribution is 0.0603. The van der Waals surface area contributed by atoms with Gasteiger partial charge in [-0.25, -0.2) is 4.79 Å². The number of H-pyrrole nitrogens is 1. The Labute approximate surface area is 115 Å². The highest BCUT2D eigenvalue weighted by Gasteiger charge is 2.17. The minimum atomic E-state index is -0.421. The Hall–Kier alpha value is -0.890. The summed E-state index contributed by atoms with van der Waals surface area (Å²) < 4.78 is 6.34. The van der Waals surface area contributed by atoms with Gasteiger partial charge in [0.25, 0.3) is 5.56 Å². The number of ether oxygens (including phenoxy) is 1. The van der Waals surface area contributed by atoms with Gasteiger partial charge in [-0.2, -0.15) is 0 Å². The summed E-state index contributed by atoms with van der Waals surface area (Å²) in [5.74, 6) is -0.421. The minimum Gasteiger partial charge on any atom is -0.465 e. The maximum Gasteiger partial charge on any atom is 0.340 e. The van der Waals surface area contributed by atoms with Crippen molar-refractivity contribution in [1.82, 2.24) is 4.98 Å². The summed E-state index contributed by atoms with van der Waals surface area (Å²) in [5.41, 5.74) is 1.85. The third-order valence-corrected chi connectivity index (χ3v) is 4.71. The lowest BCUT2D eigenvalue weighted by Gasteiger charge is -2.03. The van der Waals surface area contributed by atoms with Crippen molar-refractivity contribution in [3.8, 4) is 0 Å². The number of halogens is 1. The molecule has 0 atom stereocenters. The molecule has 0 unspecified atom stereocenters. The van der Waals surface area contributed by atoms with Crippen LogP contribution in [-0.2, 0) is 11.2 Å². The first-order chi connectivity index (χ1) is 8.10. The van der Waals surface area contributed by atoms with E-state index in [1.807, 2.05) is 29.5 Å². The molecule has 0 saturated carbocycles. The molecule has 2 aromatic heterocycles. The SMILES string of the molecule is CCc1c(I)c(=O)[nH]c2c(C(=O)OC)csc12. The number of rotatable bonds is 2. The van der Waals surface area contributed by atoms with Crippen molar-refractivity contribution in [3.05, 3.63) is 30.4 Å². The molecule has 0 aliphatic heterocycles. The van der Waals surface area contributed by atoms with E-state index >= 15 is 0 Å². The number of aromatic nitrogens is 1. The number of thiophene rings is 1. The Morgan fingerprint density at radius 1 is 1.59 bits per heavy atom. The van der Waals surface area contributed by atoms with Crippen LogP contribution in [0.4, 0.5) is 0 Å². The molecule has 0 radical (unpaired) electrons. The fourth-order valence-corrected chi connectivity index (χ4v) is 3.77. The molecule has 0 amide bonds. The molecule has 0 aliphatic rings. The lowest BCUT2D eigenvalue weighted by atomic mass is 10.1. The maximum atomic E-state index is 11.8. The van der Waals surface area contributed by atoms with E-state index in [0.717, 1.165) is 16.7 Å². The number of carbonyl (C=O) groups excluding carboxylic acids is 1. The zero-order valence-electron chi connectivity index (χ0n) is 9.30. The topological polar surface area (TPSA) is 59.2 Å². The van der Waals surface area contributed by atoms with Crippen molar-refractivity contribution in [2.45, 2.75) is 13.3 Å². The van der Waals surface area contributed by atoms with Crippen molar-refractivity contribution < 1.29 is 9.53 Å². The van der Waals surface area contributed by atoms with Gasteiger partial charge >= 0.3 is 5.97 Å². The Balaban J connectivity index is 2.83. The largest absolute Gasteiger partial charge is 0.465 e. The Kier molecular flexibility index (Phi) is 3.53. The monoisotopic (exact) mass is 363 g/mol. The number of carbonyl (C=O) groups is 1. The van der Waals surface area contributed by atoms with E-state index in [0.29, 0.717) is 14.7 Å². The second-order valence-electron chi connectivity index (χ2n) is 3.45. The molecule has 0 spiro atoms. The number of hydrogen-bond acceptors (Lipinski definition) is 4. The lowest BCUT2D eigenvalue weighted by Crippen LogP contribution is -2.13. The van der Waals surface area contributed by atoms with Crippen molar-refractivity contribution in [3.63, 3.8) is 0 Å². The smallest absolute Gasteiger partial charge is 0.340 e. The van der Waals surface area contributed by atoms with Gasteiger partial charge in [-0.15, -0.1) is 11.3 Å². The number of nitrogens with one attached hydrogen (secondary N) is 1. The molecule has 0 aromatic carbocycles. The van der Waals surface area contributed by atoms with Crippen LogP contribution in [0.3, 0.4) is 0 Å². The average molecular weight is 363 g/mol. The van der Waals surface area contributed by atoms with E-state index in [1.54, 1.807) is 5.38 Å². The third-order valence-electron chi connectivity index (χ3n) is 2.53. The number of aryl methyl sites for hydroxylation is 1. The molecule has 0 saturated heterocycles. The van der Waals surface area contributed by atoms with Gasteiger partial charge < -0.3 is 9.72 Å². The molecule has 0 bridgehead atoms. The number of pyridine rings is 1. The number of methoxy groups -OCH3 is 1. The highest BCUT2D eigenvalue weighted by atomic mass is 127. The predicted molar refractivity (Wildman–Crippen MR) is 75.9 cm³/mol. The van der Waals surface area contributed by atoms with Gasteiger partial charge in [0.05, 0.1) is 26.5 Å². The summed E-state index contributed by atoms with van der Waals surface area (Å²) in [6.45, 7) is 1.99. The minimum absolute atomic E-state index is 0.154. The van der Waals surface area contributed by atoms with Gasteiger partial charge in [-0.3, -0.25) is 4.79 Å². The predicted octanol–water partition coefficient (Wildman–Crippen LogP) is 2.54. The summed E-state index contributed by atoms with van der Waals surface area (Å²) >= 11 is 3.49. The van der Waals surface area contributed by atoms with Crippen LogP contribution in [0, 0.1) is 3.57 Å². The zero-order chi connectivity index (χ0) is 12.6. The quantitative estimate of drug-likeness (QED) is 0.659. The van der Waals surface area contributed by atoms with Crippen LogP contribution in [0.2, 0.25) is 0 Å². The van der Waals surface area contributed by atoms with Crippen LogP contribution in [0.25, 0.3) is 10.2 Å². The molecule has 0 fully saturated rings. The molecule has 2 aromatic rings. The van der Waals surface area contributed by atoms with E-state index in [2.05, 4.69) is 4.98 Å². The first kappa shape index (κ1) is 12.6. The molecule has 4 nitrogen and oxygen atoms in total. The zero-order valence-corrected chi connectivity index (χ0v) is 12.3. The van der Waals surface area contributed by atoms with Crippen molar-refractivity contribution in [2.24, 2.45) is 0 Å². The second kappa shape index (κ2) is 4.77. The van der Waals surface area contributed by atoms with E-state index in [1.165, 1.54) is 18.4 Å². The second-order valence-corrected chi connectivity index (χ2v) is 5.40. The van der Waals surface area contributed by atoms with Crippen LogP contribution in [0.5, 0.6) is 0 Å². The molecule has 1 N–H and O–H groups in total. The molecule has 0 aliphatic carbocycles. The van der Waals surface area contributed by atoms with E-state index < -0.39 is 5.97 Å². The van der Waals surface area contributed by atoms with Crippen LogP contribution in [-0.4, -0.2) is 18.1 Å². The van der Waals surface area contributed by atoms with Crippen molar-refractivity contribution in [2.75, 3.05) is 7.11 Å². The maximum absolute atomic E-state index is 11.8. The Morgan fingerprint density at radius 3 is 2.88 bits per heavy atom. The van der Waals surface area contributed by atoms with Crippen LogP contribution in [0.15, 0.2) is 10.2 Å². The van der Waals surface area contributed by atoms with Gasteiger partial charge in [-0.1, -0.05) is 6.92 Å².